The number of esters is 2. The third-order valence-corrected chi connectivity index (χ3v) is 9.86. The molecule has 0 unspecified atom stereocenters. The van der Waals surface area contributed by atoms with E-state index in [1.54, 1.807) is 6.08 Å². The molecule has 0 aliphatic rings. The summed E-state index contributed by atoms with van der Waals surface area (Å²) >= 11 is 0. The Morgan fingerprint density at radius 1 is 0.585 bits per heavy atom. The second-order valence-corrected chi connectivity index (χ2v) is 16.4. The summed E-state index contributed by atoms with van der Waals surface area (Å²) in [6, 6.07) is 0. The van der Waals surface area contributed by atoms with Crippen LogP contribution < -0.4 is 0 Å². The molecular weight excluding hydrogens is 691 g/mol. The van der Waals surface area contributed by atoms with E-state index in [1.807, 2.05) is 12.2 Å². The van der Waals surface area contributed by atoms with Gasteiger partial charge in [0.1, 0.15) is 6.61 Å². The van der Waals surface area contributed by atoms with Crippen molar-refractivity contribution >= 4 is 25.5 Å². The highest BCUT2D eigenvalue weighted by molar-refractivity contribution is 7.46. The predicted octanol–water partition coefficient (Wildman–Crippen LogP) is 12.2. The van der Waals surface area contributed by atoms with E-state index in [2.05, 4.69) is 31.4 Å². The summed E-state index contributed by atoms with van der Waals surface area (Å²) in [6.45, 7) is 5.87. The number of hydrogen-bond acceptors (Lipinski definition) is 7. The van der Waals surface area contributed by atoms with Crippen molar-refractivity contribution in [2.75, 3.05) is 13.2 Å². The van der Waals surface area contributed by atoms with Crippen LogP contribution in [-0.2, 0) is 32.9 Å². The summed E-state index contributed by atoms with van der Waals surface area (Å²) in [5.74, 6) is 0.0727. The molecule has 0 fully saturated rings. The Hall–Kier alpha value is -1.80. The summed E-state index contributed by atoms with van der Waals surface area (Å²) in [7, 11) is -4.77. The first-order chi connectivity index (χ1) is 25.5. The number of hydrogen-bond donors (Lipinski definition) is 2. The standard InChI is InChI=1S/C43H79O9P/c1-4-5-27-33-40(44)34-29-24-20-16-14-18-21-25-30-35-42(45)50-37-41(38-51-53(47,48)49)52-43(46)36-31-26-22-17-13-11-9-7-6-8-10-12-15-19-23-28-32-39(2)3/h20,24,29,34,39,41H,4-19,21-23,25-28,30-33,35-38H2,1-3H3,(H2,47,48,49)/b24-20-,34-29+/t41-/m1/s1. The number of allylic oxidation sites excluding steroid dienone is 4. The Morgan fingerprint density at radius 3 is 1.57 bits per heavy atom. The van der Waals surface area contributed by atoms with E-state index in [0.717, 1.165) is 76.5 Å². The molecule has 0 spiro atoms. The molecule has 0 aliphatic carbocycles. The van der Waals surface area contributed by atoms with Gasteiger partial charge in [-0.25, -0.2) is 4.57 Å². The minimum atomic E-state index is -4.77. The predicted molar refractivity (Wildman–Crippen MR) is 217 cm³/mol. The fraction of sp³-hybridized carbons (Fsp3) is 0.837. The molecule has 0 saturated carbocycles. The van der Waals surface area contributed by atoms with Gasteiger partial charge in [0.05, 0.1) is 6.61 Å². The molecule has 53 heavy (non-hydrogen) atoms. The van der Waals surface area contributed by atoms with Gasteiger partial charge in [0.25, 0.3) is 0 Å². The van der Waals surface area contributed by atoms with Gasteiger partial charge in [-0.3, -0.25) is 18.9 Å². The molecule has 0 aromatic rings. The molecule has 310 valence electrons. The number of carbonyl (C=O) groups is 3. The number of rotatable bonds is 39. The van der Waals surface area contributed by atoms with Crippen LogP contribution in [0.4, 0.5) is 0 Å². The van der Waals surface area contributed by atoms with Crippen LogP contribution in [0.2, 0.25) is 0 Å². The van der Waals surface area contributed by atoms with Gasteiger partial charge in [-0.2, -0.15) is 0 Å². The molecule has 1 atom stereocenters. The zero-order valence-electron chi connectivity index (χ0n) is 34.1. The molecule has 0 heterocycles. The minimum absolute atomic E-state index is 0.175. The summed E-state index contributed by atoms with van der Waals surface area (Å²) in [6.07, 6.45) is 37.4. The third kappa shape index (κ3) is 41.2. The second-order valence-electron chi connectivity index (χ2n) is 15.2. The van der Waals surface area contributed by atoms with Gasteiger partial charge in [0, 0.05) is 19.3 Å². The lowest BCUT2D eigenvalue weighted by Crippen LogP contribution is -2.29. The Balaban J connectivity index is 3.93. The number of phosphoric ester groups is 1. The first-order valence-corrected chi connectivity index (χ1v) is 23.0. The number of phosphoric acid groups is 1. The Morgan fingerprint density at radius 2 is 1.06 bits per heavy atom. The van der Waals surface area contributed by atoms with E-state index in [9.17, 15) is 18.9 Å². The van der Waals surface area contributed by atoms with E-state index >= 15 is 0 Å². The van der Waals surface area contributed by atoms with Crippen LogP contribution in [0.3, 0.4) is 0 Å². The first kappa shape index (κ1) is 51.2. The van der Waals surface area contributed by atoms with Crippen molar-refractivity contribution in [1.29, 1.82) is 0 Å². The highest BCUT2D eigenvalue weighted by atomic mass is 31.2. The van der Waals surface area contributed by atoms with Crippen molar-refractivity contribution in [3.63, 3.8) is 0 Å². The van der Waals surface area contributed by atoms with Crippen molar-refractivity contribution in [2.24, 2.45) is 5.92 Å². The van der Waals surface area contributed by atoms with E-state index in [-0.39, 0.29) is 25.2 Å². The maximum atomic E-state index is 12.4. The van der Waals surface area contributed by atoms with E-state index in [0.29, 0.717) is 19.3 Å². The summed E-state index contributed by atoms with van der Waals surface area (Å²) < 4.78 is 26.4. The fourth-order valence-electron chi connectivity index (χ4n) is 6.13. The second kappa shape index (κ2) is 37.1. The number of ether oxygens (including phenoxy) is 2. The summed E-state index contributed by atoms with van der Waals surface area (Å²) in [5, 5.41) is 0. The van der Waals surface area contributed by atoms with Gasteiger partial charge in [0.2, 0.25) is 0 Å². The van der Waals surface area contributed by atoms with Gasteiger partial charge in [-0.15, -0.1) is 0 Å². The molecular formula is C43H79O9P. The third-order valence-electron chi connectivity index (χ3n) is 9.38. The van der Waals surface area contributed by atoms with Gasteiger partial charge >= 0.3 is 19.8 Å². The van der Waals surface area contributed by atoms with Crippen molar-refractivity contribution < 1.29 is 42.7 Å². The van der Waals surface area contributed by atoms with E-state index in [1.165, 1.54) is 83.5 Å². The molecule has 0 rings (SSSR count). The monoisotopic (exact) mass is 771 g/mol. The summed E-state index contributed by atoms with van der Waals surface area (Å²) in [4.78, 5) is 54.6. The van der Waals surface area contributed by atoms with Crippen LogP contribution in [0, 0.1) is 5.92 Å². The van der Waals surface area contributed by atoms with Crippen LogP contribution in [0.15, 0.2) is 24.3 Å². The van der Waals surface area contributed by atoms with E-state index in [4.69, 9.17) is 19.3 Å². The molecule has 0 aromatic carbocycles. The van der Waals surface area contributed by atoms with Gasteiger partial charge < -0.3 is 19.3 Å². The summed E-state index contributed by atoms with van der Waals surface area (Å²) in [5.41, 5.74) is 0. The van der Waals surface area contributed by atoms with Crippen LogP contribution >= 0.6 is 7.82 Å². The molecule has 0 aromatic heterocycles. The largest absolute Gasteiger partial charge is 0.469 e. The van der Waals surface area contributed by atoms with E-state index < -0.39 is 32.5 Å². The zero-order valence-corrected chi connectivity index (χ0v) is 35.0. The first-order valence-electron chi connectivity index (χ1n) is 21.4. The van der Waals surface area contributed by atoms with Gasteiger partial charge in [-0.05, 0) is 44.1 Å². The van der Waals surface area contributed by atoms with Crippen LogP contribution in [0.1, 0.15) is 207 Å². The fourth-order valence-corrected chi connectivity index (χ4v) is 6.49. The number of unbranched alkanes of at least 4 members (excludes halogenated alkanes) is 22. The van der Waals surface area contributed by atoms with Crippen molar-refractivity contribution in [3.05, 3.63) is 24.3 Å². The Labute approximate surface area is 324 Å². The lowest BCUT2D eigenvalue weighted by Gasteiger charge is -2.18. The van der Waals surface area contributed by atoms with Gasteiger partial charge in [-0.1, -0.05) is 174 Å². The lowest BCUT2D eigenvalue weighted by atomic mass is 10.0. The molecule has 0 saturated heterocycles. The quantitative estimate of drug-likeness (QED) is 0.0206. The zero-order chi connectivity index (χ0) is 39.3. The molecule has 0 radical (unpaired) electrons. The molecule has 10 heteroatoms. The van der Waals surface area contributed by atoms with Crippen LogP contribution in [0.25, 0.3) is 0 Å². The highest BCUT2D eigenvalue weighted by Gasteiger charge is 2.23. The smallest absolute Gasteiger partial charge is 0.462 e. The Kier molecular flexibility index (Phi) is 35.9. The number of ketones is 1. The maximum Gasteiger partial charge on any atom is 0.469 e. The normalized spacial score (nSPS) is 12.6. The molecule has 9 nitrogen and oxygen atoms in total. The Bertz CT molecular complexity index is 988. The highest BCUT2D eigenvalue weighted by Crippen LogP contribution is 2.36. The van der Waals surface area contributed by atoms with Crippen LogP contribution in [0.5, 0.6) is 0 Å². The maximum absolute atomic E-state index is 12.4. The topological polar surface area (TPSA) is 136 Å². The van der Waals surface area contributed by atoms with Crippen molar-refractivity contribution in [3.8, 4) is 0 Å². The number of carbonyl (C=O) groups excluding carboxylic acids is 3. The SMILES string of the molecule is CCCCCC(=O)/C=C/C=C\CCCCCCCC(=O)OC[C@H](COP(=O)(O)O)OC(=O)CCCCCCCCCCCCCCCCCCC(C)C. The average molecular weight is 771 g/mol. The van der Waals surface area contributed by atoms with Crippen molar-refractivity contribution in [1.82, 2.24) is 0 Å². The molecule has 2 N–H and O–H groups in total. The van der Waals surface area contributed by atoms with Gasteiger partial charge in [0.15, 0.2) is 11.9 Å². The van der Waals surface area contributed by atoms with Crippen molar-refractivity contribution in [2.45, 2.75) is 213 Å². The lowest BCUT2D eigenvalue weighted by molar-refractivity contribution is -0.161. The van der Waals surface area contributed by atoms with Crippen LogP contribution in [-0.4, -0.2) is 46.8 Å². The molecule has 0 aliphatic heterocycles. The average Bonchev–Trinajstić information content (AvgIpc) is 3.10. The molecule has 0 bridgehead atoms. The molecule has 0 amide bonds. The minimum Gasteiger partial charge on any atom is -0.462 e.